The van der Waals surface area contributed by atoms with Crippen LogP contribution in [0, 0.1) is 3.57 Å². The fourth-order valence-electron chi connectivity index (χ4n) is 1.33. The first kappa shape index (κ1) is 14.3. The van der Waals surface area contributed by atoms with Crippen LogP contribution in [0.15, 0.2) is 30.6 Å². The van der Waals surface area contributed by atoms with E-state index in [0.717, 1.165) is 15.7 Å². The lowest BCUT2D eigenvalue weighted by molar-refractivity contribution is -0.137. The maximum absolute atomic E-state index is 12.6. The summed E-state index contributed by atoms with van der Waals surface area (Å²) in [7, 11) is 0. The summed E-state index contributed by atoms with van der Waals surface area (Å²) in [5.74, 6) is 0.204. The van der Waals surface area contributed by atoms with Crippen molar-refractivity contribution >= 4 is 45.8 Å². The number of nitrogens with zero attached hydrogens (tertiary/aromatic N) is 2. The molecule has 0 spiro atoms. The van der Waals surface area contributed by atoms with E-state index in [9.17, 15) is 13.2 Å². The fourth-order valence-corrected chi connectivity index (χ4v) is 1.85. The molecule has 1 aromatic carbocycles. The molecule has 1 aromatic heterocycles. The summed E-state index contributed by atoms with van der Waals surface area (Å²) in [6.07, 6.45) is -1.36. The lowest BCUT2D eigenvalue weighted by atomic mass is 10.2. The van der Waals surface area contributed by atoms with Gasteiger partial charge in [-0.2, -0.15) is 13.2 Å². The van der Waals surface area contributed by atoms with Crippen molar-refractivity contribution in [2.75, 3.05) is 5.32 Å². The number of anilines is 2. The van der Waals surface area contributed by atoms with Gasteiger partial charge in [0.05, 0.1) is 5.56 Å². The number of hydrogen-bond donors (Lipinski definition) is 1. The van der Waals surface area contributed by atoms with Crippen LogP contribution in [0.1, 0.15) is 5.56 Å². The molecular formula is C11H6ClF3IN3. The lowest BCUT2D eigenvalue weighted by Crippen LogP contribution is -2.06. The predicted octanol–water partition coefficient (Wildman–Crippen LogP) is 4.50. The molecule has 0 fully saturated rings. The quantitative estimate of drug-likeness (QED) is 0.756. The third kappa shape index (κ3) is 3.93. The highest BCUT2D eigenvalue weighted by atomic mass is 127. The Hall–Kier alpha value is -1.09. The van der Waals surface area contributed by atoms with Crippen molar-refractivity contribution in [1.29, 1.82) is 0 Å². The average molecular weight is 400 g/mol. The first-order valence-corrected chi connectivity index (χ1v) is 6.42. The molecule has 0 aliphatic heterocycles. The monoisotopic (exact) mass is 399 g/mol. The molecule has 3 nitrogen and oxygen atoms in total. The van der Waals surface area contributed by atoms with Crippen LogP contribution in [0.3, 0.4) is 0 Å². The van der Waals surface area contributed by atoms with Crippen molar-refractivity contribution in [2.24, 2.45) is 0 Å². The molecule has 1 N–H and O–H groups in total. The Labute approximate surface area is 125 Å². The Morgan fingerprint density at radius 2 is 1.74 bits per heavy atom. The minimum absolute atomic E-state index is 0.0113. The SMILES string of the molecule is FC(F)(F)c1cc(Cl)cc(Nc2ncc(I)cn2)c1. The molecule has 1 heterocycles. The standard InChI is InChI=1S/C11H6ClF3IN3/c12-7-1-6(11(13,14)15)2-9(3-7)19-10-17-4-8(16)5-18-10/h1-5H,(H,17,18,19). The zero-order valence-electron chi connectivity index (χ0n) is 9.17. The van der Waals surface area contributed by atoms with Crippen LogP contribution in [-0.4, -0.2) is 9.97 Å². The topological polar surface area (TPSA) is 37.8 Å². The predicted molar refractivity (Wildman–Crippen MR) is 74.5 cm³/mol. The fraction of sp³-hybridized carbons (Fsp3) is 0.0909. The first-order valence-electron chi connectivity index (χ1n) is 4.97. The highest BCUT2D eigenvalue weighted by Crippen LogP contribution is 2.33. The van der Waals surface area contributed by atoms with Gasteiger partial charge in [0.2, 0.25) is 5.95 Å². The molecule has 0 aliphatic rings. The molecule has 100 valence electrons. The molecule has 0 amide bonds. The third-order valence-electron chi connectivity index (χ3n) is 2.10. The second-order valence-corrected chi connectivity index (χ2v) is 5.26. The van der Waals surface area contributed by atoms with E-state index in [4.69, 9.17) is 11.6 Å². The van der Waals surface area contributed by atoms with Gasteiger partial charge in [-0.25, -0.2) is 9.97 Å². The van der Waals surface area contributed by atoms with E-state index >= 15 is 0 Å². The minimum atomic E-state index is -4.45. The smallest absolute Gasteiger partial charge is 0.324 e. The highest BCUT2D eigenvalue weighted by molar-refractivity contribution is 14.1. The Balaban J connectivity index is 2.30. The minimum Gasteiger partial charge on any atom is -0.324 e. The van der Waals surface area contributed by atoms with E-state index in [2.05, 4.69) is 15.3 Å². The van der Waals surface area contributed by atoms with Gasteiger partial charge in [0.25, 0.3) is 0 Å². The Bertz CT molecular complexity index is 587. The maximum atomic E-state index is 12.6. The molecule has 0 bridgehead atoms. The number of rotatable bonds is 2. The number of halogens is 5. The van der Waals surface area contributed by atoms with E-state index in [1.165, 1.54) is 6.07 Å². The Morgan fingerprint density at radius 1 is 1.11 bits per heavy atom. The number of aromatic nitrogens is 2. The summed E-state index contributed by atoms with van der Waals surface area (Å²) >= 11 is 7.69. The van der Waals surface area contributed by atoms with E-state index in [-0.39, 0.29) is 16.7 Å². The average Bonchev–Trinajstić information content (AvgIpc) is 2.30. The summed E-state index contributed by atoms with van der Waals surface area (Å²) in [6.45, 7) is 0. The molecule has 0 saturated carbocycles. The summed E-state index contributed by atoms with van der Waals surface area (Å²) in [4.78, 5) is 7.88. The van der Waals surface area contributed by atoms with Gasteiger partial charge in [0, 0.05) is 26.7 Å². The molecule has 0 unspecified atom stereocenters. The molecule has 8 heteroatoms. The van der Waals surface area contributed by atoms with Gasteiger partial charge in [-0.15, -0.1) is 0 Å². The molecule has 19 heavy (non-hydrogen) atoms. The number of alkyl halides is 3. The zero-order chi connectivity index (χ0) is 14.0. The molecule has 2 rings (SSSR count). The van der Waals surface area contributed by atoms with Crippen LogP contribution in [0.4, 0.5) is 24.8 Å². The maximum Gasteiger partial charge on any atom is 0.416 e. The van der Waals surface area contributed by atoms with Crippen molar-refractivity contribution in [3.63, 3.8) is 0 Å². The van der Waals surface area contributed by atoms with Crippen molar-refractivity contribution < 1.29 is 13.2 Å². The molecule has 0 saturated heterocycles. The van der Waals surface area contributed by atoms with Crippen molar-refractivity contribution in [3.8, 4) is 0 Å². The molecule has 0 aliphatic carbocycles. The van der Waals surface area contributed by atoms with Crippen molar-refractivity contribution in [3.05, 3.63) is 44.7 Å². The van der Waals surface area contributed by atoms with Crippen molar-refractivity contribution in [1.82, 2.24) is 9.97 Å². The van der Waals surface area contributed by atoms with Gasteiger partial charge in [-0.3, -0.25) is 0 Å². The number of hydrogen-bond acceptors (Lipinski definition) is 3. The summed E-state index contributed by atoms with van der Waals surface area (Å²) in [6, 6.07) is 3.19. The van der Waals surface area contributed by atoms with Gasteiger partial charge < -0.3 is 5.32 Å². The van der Waals surface area contributed by atoms with Gasteiger partial charge in [-0.05, 0) is 40.8 Å². The van der Waals surface area contributed by atoms with Crippen LogP contribution in [0.25, 0.3) is 0 Å². The van der Waals surface area contributed by atoms with Crippen LogP contribution in [-0.2, 0) is 6.18 Å². The van der Waals surface area contributed by atoms with Crippen LogP contribution < -0.4 is 5.32 Å². The Kier molecular flexibility index (Phi) is 4.14. The number of benzene rings is 1. The number of nitrogens with one attached hydrogen (secondary N) is 1. The summed E-state index contributed by atoms with van der Waals surface area (Å²) in [5, 5.41) is 2.66. The largest absolute Gasteiger partial charge is 0.416 e. The lowest BCUT2D eigenvalue weighted by Gasteiger charge is -2.10. The van der Waals surface area contributed by atoms with E-state index < -0.39 is 11.7 Å². The molecular weight excluding hydrogens is 393 g/mol. The van der Waals surface area contributed by atoms with Crippen LogP contribution in [0.2, 0.25) is 5.02 Å². The van der Waals surface area contributed by atoms with Crippen molar-refractivity contribution in [2.45, 2.75) is 6.18 Å². The first-order chi connectivity index (χ1) is 8.84. The normalized spacial score (nSPS) is 11.4. The highest BCUT2D eigenvalue weighted by Gasteiger charge is 2.31. The van der Waals surface area contributed by atoms with Gasteiger partial charge >= 0.3 is 6.18 Å². The molecule has 2 aromatic rings. The summed E-state index contributed by atoms with van der Waals surface area (Å²) in [5.41, 5.74) is -0.644. The second-order valence-electron chi connectivity index (χ2n) is 3.58. The van der Waals surface area contributed by atoms with Crippen LogP contribution >= 0.6 is 34.2 Å². The van der Waals surface area contributed by atoms with E-state index in [1.807, 2.05) is 22.6 Å². The second kappa shape index (κ2) is 5.49. The zero-order valence-corrected chi connectivity index (χ0v) is 12.1. The van der Waals surface area contributed by atoms with Gasteiger partial charge in [0.15, 0.2) is 0 Å². The van der Waals surface area contributed by atoms with E-state index in [0.29, 0.717) is 0 Å². The third-order valence-corrected chi connectivity index (χ3v) is 2.88. The van der Waals surface area contributed by atoms with Crippen LogP contribution in [0.5, 0.6) is 0 Å². The van der Waals surface area contributed by atoms with E-state index in [1.54, 1.807) is 12.4 Å². The molecule has 0 radical (unpaired) electrons. The Morgan fingerprint density at radius 3 is 2.32 bits per heavy atom. The molecule has 0 atom stereocenters. The van der Waals surface area contributed by atoms with Gasteiger partial charge in [-0.1, -0.05) is 11.6 Å². The van der Waals surface area contributed by atoms with Gasteiger partial charge in [0.1, 0.15) is 0 Å². The summed E-state index contributed by atoms with van der Waals surface area (Å²) < 4.78 is 38.7.